The van der Waals surface area contributed by atoms with Crippen molar-refractivity contribution in [2.24, 2.45) is 7.05 Å². The van der Waals surface area contributed by atoms with Crippen molar-refractivity contribution in [2.45, 2.75) is 12.6 Å². The minimum absolute atomic E-state index is 0.125. The molecule has 106 valence electrons. The molecule has 0 aliphatic carbocycles. The van der Waals surface area contributed by atoms with Crippen molar-refractivity contribution < 1.29 is 4.74 Å². The van der Waals surface area contributed by atoms with Crippen LogP contribution in [0.4, 0.5) is 0 Å². The highest BCUT2D eigenvalue weighted by Crippen LogP contribution is 2.28. The molecule has 2 aromatic rings. The molecule has 1 aliphatic heterocycles. The van der Waals surface area contributed by atoms with Gasteiger partial charge in [0.15, 0.2) is 0 Å². The average molecular weight is 336 g/mol. The fraction of sp³-hybridized carbons (Fsp3) is 0.400. The first kappa shape index (κ1) is 13.8. The summed E-state index contributed by atoms with van der Waals surface area (Å²) in [5.41, 5.74) is 1.22. The summed E-state index contributed by atoms with van der Waals surface area (Å²) in [5, 5.41) is 0. The second-order valence-electron chi connectivity index (χ2n) is 5.07. The van der Waals surface area contributed by atoms with Gasteiger partial charge in [-0.15, -0.1) is 0 Å². The molecule has 0 amide bonds. The van der Waals surface area contributed by atoms with Crippen molar-refractivity contribution in [3.63, 3.8) is 0 Å². The van der Waals surface area contributed by atoms with E-state index in [1.165, 1.54) is 5.56 Å². The molecule has 1 fully saturated rings. The van der Waals surface area contributed by atoms with Crippen molar-refractivity contribution in [3.8, 4) is 0 Å². The number of halogens is 1. The van der Waals surface area contributed by atoms with Crippen LogP contribution >= 0.6 is 15.9 Å². The molecule has 1 atom stereocenters. The number of aryl methyl sites for hydroxylation is 1. The Bertz CT molecular complexity index is 584. The Morgan fingerprint density at radius 3 is 3.00 bits per heavy atom. The second kappa shape index (κ2) is 6.08. The number of benzene rings is 1. The Labute approximate surface area is 127 Å². The molecule has 4 nitrogen and oxygen atoms in total. The summed E-state index contributed by atoms with van der Waals surface area (Å²) in [5.74, 6) is 1.10. The van der Waals surface area contributed by atoms with E-state index in [2.05, 4.69) is 48.6 Å². The molecule has 0 N–H and O–H groups in total. The molecule has 3 rings (SSSR count). The van der Waals surface area contributed by atoms with Gasteiger partial charge in [0.1, 0.15) is 5.82 Å². The standard InChI is InChI=1S/C15H18BrN3O/c1-18-7-6-17-15(18)11-19-8-9-20-14(10-19)12-4-2-3-5-13(12)16/h2-7,14H,8-11H2,1H3/t14-/m0/s1. The first-order valence-electron chi connectivity index (χ1n) is 6.78. The van der Waals surface area contributed by atoms with Gasteiger partial charge in [-0.1, -0.05) is 34.1 Å². The Kier molecular flexibility index (Phi) is 4.19. The van der Waals surface area contributed by atoms with Crippen LogP contribution in [0.1, 0.15) is 17.5 Å². The summed E-state index contributed by atoms with van der Waals surface area (Å²) >= 11 is 3.61. The maximum atomic E-state index is 5.93. The minimum atomic E-state index is 0.125. The first-order chi connectivity index (χ1) is 9.74. The lowest BCUT2D eigenvalue weighted by Crippen LogP contribution is -2.38. The van der Waals surface area contributed by atoms with Crippen LogP contribution in [-0.2, 0) is 18.3 Å². The van der Waals surface area contributed by atoms with Crippen molar-refractivity contribution in [1.82, 2.24) is 14.5 Å². The Morgan fingerprint density at radius 1 is 1.40 bits per heavy atom. The van der Waals surface area contributed by atoms with Crippen LogP contribution in [0.2, 0.25) is 0 Å². The average Bonchev–Trinajstić information content (AvgIpc) is 2.85. The van der Waals surface area contributed by atoms with Gasteiger partial charge >= 0.3 is 0 Å². The van der Waals surface area contributed by atoms with Gasteiger partial charge in [-0.05, 0) is 11.6 Å². The third-order valence-electron chi connectivity index (χ3n) is 3.69. The molecule has 5 heteroatoms. The summed E-state index contributed by atoms with van der Waals surface area (Å²) in [6, 6.07) is 8.28. The predicted octanol–water partition coefficient (Wildman–Crippen LogP) is 2.76. The Morgan fingerprint density at radius 2 is 2.25 bits per heavy atom. The zero-order chi connectivity index (χ0) is 13.9. The zero-order valence-corrected chi connectivity index (χ0v) is 13.1. The molecule has 1 aromatic carbocycles. The lowest BCUT2D eigenvalue weighted by molar-refractivity contribution is -0.0342. The molecule has 1 aliphatic rings. The van der Waals surface area contributed by atoms with Gasteiger partial charge < -0.3 is 9.30 Å². The van der Waals surface area contributed by atoms with Crippen molar-refractivity contribution in [2.75, 3.05) is 19.7 Å². The van der Waals surface area contributed by atoms with Crippen molar-refractivity contribution >= 4 is 15.9 Å². The molecule has 0 bridgehead atoms. The Balaban J connectivity index is 1.71. The summed E-state index contributed by atoms with van der Waals surface area (Å²) in [6.07, 6.45) is 3.96. The summed E-state index contributed by atoms with van der Waals surface area (Å²) in [6.45, 7) is 3.48. The lowest BCUT2D eigenvalue weighted by atomic mass is 10.1. The van der Waals surface area contributed by atoms with Crippen LogP contribution in [0.3, 0.4) is 0 Å². The second-order valence-corrected chi connectivity index (χ2v) is 5.92. The predicted molar refractivity (Wildman–Crippen MR) is 81.3 cm³/mol. The third-order valence-corrected chi connectivity index (χ3v) is 4.41. The zero-order valence-electron chi connectivity index (χ0n) is 11.5. The van der Waals surface area contributed by atoms with Crippen LogP contribution < -0.4 is 0 Å². The third kappa shape index (κ3) is 2.95. The fourth-order valence-electron chi connectivity index (χ4n) is 2.52. The highest BCUT2D eigenvalue weighted by atomic mass is 79.9. The van der Waals surface area contributed by atoms with Gasteiger partial charge in [-0.25, -0.2) is 4.98 Å². The van der Waals surface area contributed by atoms with Crippen LogP contribution in [0.25, 0.3) is 0 Å². The molecule has 1 saturated heterocycles. The SMILES string of the molecule is Cn1ccnc1CN1CCO[C@H](c2ccccc2Br)C1. The van der Waals surface area contributed by atoms with E-state index in [0.717, 1.165) is 36.5 Å². The molecule has 0 radical (unpaired) electrons. The lowest BCUT2D eigenvalue weighted by Gasteiger charge is -2.33. The summed E-state index contributed by atoms with van der Waals surface area (Å²) in [4.78, 5) is 6.80. The van der Waals surface area contributed by atoms with Gasteiger partial charge in [0.25, 0.3) is 0 Å². The van der Waals surface area contributed by atoms with E-state index in [-0.39, 0.29) is 6.10 Å². The first-order valence-corrected chi connectivity index (χ1v) is 7.58. The van der Waals surface area contributed by atoms with Gasteiger partial charge in [0, 0.05) is 37.0 Å². The van der Waals surface area contributed by atoms with Crippen LogP contribution in [0.5, 0.6) is 0 Å². The monoisotopic (exact) mass is 335 g/mol. The number of hydrogen-bond donors (Lipinski definition) is 0. The maximum absolute atomic E-state index is 5.93. The summed E-state index contributed by atoms with van der Waals surface area (Å²) < 4.78 is 9.11. The topological polar surface area (TPSA) is 30.3 Å². The van der Waals surface area contributed by atoms with E-state index in [0.29, 0.717) is 0 Å². The summed E-state index contributed by atoms with van der Waals surface area (Å²) in [7, 11) is 2.04. The molecular weight excluding hydrogens is 318 g/mol. The normalized spacial score (nSPS) is 20.2. The number of nitrogens with zero attached hydrogens (tertiary/aromatic N) is 3. The van der Waals surface area contributed by atoms with Gasteiger partial charge in [-0.2, -0.15) is 0 Å². The highest BCUT2D eigenvalue weighted by Gasteiger charge is 2.24. The van der Waals surface area contributed by atoms with Gasteiger partial charge in [0.2, 0.25) is 0 Å². The smallest absolute Gasteiger partial charge is 0.122 e. The molecule has 0 spiro atoms. The van der Waals surface area contributed by atoms with Crippen molar-refractivity contribution in [3.05, 3.63) is 52.5 Å². The van der Waals surface area contributed by atoms with Gasteiger partial charge in [0.05, 0.1) is 19.3 Å². The molecule has 0 saturated carbocycles. The highest BCUT2D eigenvalue weighted by molar-refractivity contribution is 9.10. The molecule has 20 heavy (non-hydrogen) atoms. The number of rotatable bonds is 3. The molecule has 1 aromatic heterocycles. The van der Waals surface area contributed by atoms with Crippen LogP contribution in [0.15, 0.2) is 41.1 Å². The van der Waals surface area contributed by atoms with Gasteiger partial charge in [-0.3, -0.25) is 4.90 Å². The maximum Gasteiger partial charge on any atom is 0.122 e. The number of ether oxygens (including phenoxy) is 1. The largest absolute Gasteiger partial charge is 0.371 e. The van der Waals surface area contributed by atoms with Crippen molar-refractivity contribution in [1.29, 1.82) is 0 Å². The number of imidazole rings is 1. The molecule has 2 heterocycles. The number of hydrogen-bond acceptors (Lipinski definition) is 3. The quantitative estimate of drug-likeness (QED) is 0.863. The van der Waals surface area contributed by atoms with E-state index in [1.54, 1.807) is 0 Å². The van der Waals surface area contributed by atoms with E-state index in [9.17, 15) is 0 Å². The van der Waals surface area contributed by atoms with E-state index >= 15 is 0 Å². The number of aromatic nitrogens is 2. The van der Waals surface area contributed by atoms with Crippen LogP contribution in [0, 0.1) is 0 Å². The number of morpholine rings is 1. The molecular formula is C15H18BrN3O. The minimum Gasteiger partial charge on any atom is -0.371 e. The van der Waals surface area contributed by atoms with E-state index < -0.39 is 0 Å². The fourth-order valence-corrected chi connectivity index (χ4v) is 3.06. The van der Waals surface area contributed by atoms with E-state index in [4.69, 9.17) is 4.74 Å². The van der Waals surface area contributed by atoms with Crippen LogP contribution in [-0.4, -0.2) is 34.1 Å². The van der Waals surface area contributed by atoms with E-state index in [1.807, 2.05) is 25.5 Å². The molecule has 0 unspecified atom stereocenters. The Hall–Kier alpha value is -1.17.